The molecule has 0 aliphatic heterocycles. The molecule has 1 fully saturated rings. The third-order valence-corrected chi connectivity index (χ3v) is 3.92. The first kappa shape index (κ1) is 16.6. The molecular weight excluding hydrogens is 320 g/mol. The van der Waals surface area contributed by atoms with E-state index in [0.29, 0.717) is 11.4 Å². The van der Waals surface area contributed by atoms with Gasteiger partial charge < -0.3 is 10.2 Å². The van der Waals surface area contributed by atoms with E-state index in [1.165, 1.54) is 24.3 Å². The smallest absolute Gasteiger partial charge is 0.188 e. The molecule has 0 radical (unpaired) electrons. The number of hydrogen-bond acceptors (Lipinski definition) is 6. The lowest BCUT2D eigenvalue weighted by Gasteiger charge is -2.19. The van der Waals surface area contributed by atoms with E-state index in [9.17, 15) is 19.8 Å². The second-order valence-corrected chi connectivity index (χ2v) is 5.78. The fourth-order valence-electron chi connectivity index (χ4n) is 2.51. The van der Waals surface area contributed by atoms with Crippen molar-refractivity contribution in [3.05, 3.63) is 48.5 Å². The van der Waals surface area contributed by atoms with Crippen LogP contribution < -0.4 is 0 Å². The summed E-state index contributed by atoms with van der Waals surface area (Å²) in [6.45, 7) is 1.54. The maximum absolute atomic E-state index is 12.4. The van der Waals surface area contributed by atoms with Gasteiger partial charge >= 0.3 is 0 Å². The first-order valence-electron chi connectivity index (χ1n) is 7.75. The predicted octanol–water partition coefficient (Wildman–Crippen LogP) is 3.12. The number of hydrogen-bond donors (Lipinski definition) is 2. The fourth-order valence-corrected chi connectivity index (χ4v) is 2.51. The molecule has 25 heavy (non-hydrogen) atoms. The van der Waals surface area contributed by atoms with Crippen molar-refractivity contribution in [2.24, 2.45) is 15.9 Å². The molecule has 0 aromatic heterocycles. The number of aromatic hydroxyl groups is 2. The van der Waals surface area contributed by atoms with Crippen molar-refractivity contribution < 1.29 is 19.8 Å². The number of carbonyl (C=O) groups is 2. The maximum atomic E-state index is 12.4. The number of ketones is 2. The van der Waals surface area contributed by atoms with Crippen LogP contribution in [0.15, 0.2) is 58.5 Å². The lowest BCUT2D eigenvalue weighted by molar-refractivity contribution is -0.125. The van der Waals surface area contributed by atoms with E-state index >= 15 is 0 Å². The van der Waals surface area contributed by atoms with Gasteiger partial charge in [0.1, 0.15) is 11.5 Å². The number of phenolic OH excluding ortho intramolecular Hbond substituents is 2. The Labute approximate surface area is 144 Å². The summed E-state index contributed by atoms with van der Waals surface area (Å²) in [4.78, 5) is 33.3. The molecule has 0 heterocycles. The minimum atomic E-state index is -0.833. The number of rotatable bonds is 2. The summed E-state index contributed by atoms with van der Waals surface area (Å²) in [5, 5.41) is 18.6. The van der Waals surface area contributed by atoms with Crippen LogP contribution in [0.5, 0.6) is 11.5 Å². The molecule has 126 valence electrons. The Balaban J connectivity index is 1.95. The molecule has 1 saturated carbocycles. The van der Waals surface area contributed by atoms with Gasteiger partial charge in [0.25, 0.3) is 0 Å². The molecule has 0 saturated heterocycles. The number of phenols is 2. The zero-order valence-corrected chi connectivity index (χ0v) is 13.5. The van der Waals surface area contributed by atoms with Crippen molar-refractivity contribution >= 4 is 34.4 Å². The largest absolute Gasteiger partial charge is 0.508 e. The summed E-state index contributed by atoms with van der Waals surface area (Å²) in [7, 11) is 0. The lowest BCUT2D eigenvalue weighted by atomic mass is 9.85. The zero-order chi connectivity index (χ0) is 18.0. The van der Waals surface area contributed by atoms with Crippen LogP contribution in [-0.2, 0) is 9.59 Å². The van der Waals surface area contributed by atoms with Gasteiger partial charge in [-0.2, -0.15) is 0 Å². The summed E-state index contributed by atoms with van der Waals surface area (Å²) in [5.74, 6) is -1.25. The van der Waals surface area contributed by atoms with Crippen molar-refractivity contribution in [1.29, 1.82) is 0 Å². The van der Waals surface area contributed by atoms with Gasteiger partial charge in [0.05, 0.1) is 28.7 Å². The van der Waals surface area contributed by atoms with Crippen molar-refractivity contribution in [3.63, 3.8) is 0 Å². The molecule has 0 amide bonds. The van der Waals surface area contributed by atoms with Gasteiger partial charge in [0, 0.05) is 6.42 Å². The van der Waals surface area contributed by atoms with Crippen LogP contribution in [0, 0.1) is 5.92 Å². The number of aliphatic imine (C=N–C) groups is 2. The molecule has 2 aromatic rings. The first-order chi connectivity index (χ1) is 11.9. The molecule has 0 bridgehead atoms. The van der Waals surface area contributed by atoms with E-state index in [0.717, 1.165) is 0 Å². The summed E-state index contributed by atoms with van der Waals surface area (Å²) in [6.07, 6.45) is 0.0454. The molecule has 2 N–H and O–H groups in total. The summed E-state index contributed by atoms with van der Waals surface area (Å²) in [5.41, 5.74) is 1.56. The number of carbonyl (C=O) groups excluding carboxylic acids is 2. The fraction of sp³-hybridized carbons (Fsp3) is 0.158. The van der Waals surface area contributed by atoms with Crippen LogP contribution in [0.4, 0.5) is 11.4 Å². The van der Waals surface area contributed by atoms with Gasteiger partial charge in [0.15, 0.2) is 11.6 Å². The van der Waals surface area contributed by atoms with Crippen LogP contribution in [0.2, 0.25) is 0 Å². The monoisotopic (exact) mass is 336 g/mol. The van der Waals surface area contributed by atoms with Crippen molar-refractivity contribution in [3.8, 4) is 11.5 Å². The van der Waals surface area contributed by atoms with Gasteiger partial charge in [-0.05, 0) is 55.5 Å². The topological polar surface area (TPSA) is 99.3 Å². The van der Waals surface area contributed by atoms with Gasteiger partial charge in [-0.3, -0.25) is 9.59 Å². The van der Waals surface area contributed by atoms with Crippen LogP contribution >= 0.6 is 0 Å². The highest BCUT2D eigenvalue weighted by Crippen LogP contribution is 2.23. The molecule has 0 spiro atoms. The molecule has 1 aliphatic carbocycles. The second-order valence-electron chi connectivity index (χ2n) is 5.78. The third-order valence-electron chi connectivity index (χ3n) is 3.92. The number of benzene rings is 2. The van der Waals surface area contributed by atoms with E-state index in [2.05, 4.69) is 9.98 Å². The standard InChI is InChI=1S/C19H16N2O4/c1-11-18(24)16(20-12-2-6-14(22)7-3-12)10-17(19(11)25)21-13-4-8-15(23)9-5-13/h2-9,11,22-23H,10H2,1H3. The molecule has 0 atom stereocenters. The van der Waals surface area contributed by atoms with Crippen LogP contribution in [-0.4, -0.2) is 33.2 Å². The lowest BCUT2D eigenvalue weighted by Crippen LogP contribution is -2.40. The average molecular weight is 336 g/mol. The Morgan fingerprint density at radius 1 is 0.760 bits per heavy atom. The minimum absolute atomic E-state index is 0.0454. The van der Waals surface area contributed by atoms with Crippen LogP contribution in [0.25, 0.3) is 0 Å². The van der Waals surface area contributed by atoms with Gasteiger partial charge in [-0.1, -0.05) is 0 Å². The van der Waals surface area contributed by atoms with Crippen LogP contribution in [0.3, 0.4) is 0 Å². The zero-order valence-electron chi connectivity index (χ0n) is 13.5. The second kappa shape index (κ2) is 6.68. The van der Waals surface area contributed by atoms with Gasteiger partial charge in [-0.25, -0.2) is 9.98 Å². The minimum Gasteiger partial charge on any atom is -0.508 e. The predicted molar refractivity (Wildman–Crippen MR) is 94.2 cm³/mol. The Hall–Kier alpha value is -3.28. The molecule has 0 unspecified atom stereocenters. The molecule has 6 heteroatoms. The van der Waals surface area contributed by atoms with E-state index in [-0.39, 0.29) is 40.9 Å². The Kier molecular flexibility index (Phi) is 4.43. The van der Waals surface area contributed by atoms with E-state index in [1.54, 1.807) is 31.2 Å². The number of Topliss-reactive ketones (excluding diaryl/α,β-unsaturated/α-hetero) is 2. The SMILES string of the molecule is CC1C(=O)C(=Nc2ccc(O)cc2)CC(=Nc2ccc(O)cc2)C1=O. The Morgan fingerprint density at radius 3 is 1.48 bits per heavy atom. The maximum Gasteiger partial charge on any atom is 0.188 e. The quantitative estimate of drug-likeness (QED) is 0.823. The van der Waals surface area contributed by atoms with Crippen molar-refractivity contribution in [2.75, 3.05) is 0 Å². The third kappa shape index (κ3) is 3.63. The van der Waals surface area contributed by atoms with Gasteiger partial charge in [0.2, 0.25) is 0 Å². The summed E-state index contributed by atoms with van der Waals surface area (Å²) >= 11 is 0. The molecule has 6 nitrogen and oxygen atoms in total. The summed E-state index contributed by atoms with van der Waals surface area (Å²) < 4.78 is 0. The Bertz CT molecular complexity index is 807. The van der Waals surface area contributed by atoms with Crippen molar-refractivity contribution in [2.45, 2.75) is 13.3 Å². The van der Waals surface area contributed by atoms with E-state index in [4.69, 9.17) is 0 Å². The van der Waals surface area contributed by atoms with E-state index < -0.39 is 5.92 Å². The average Bonchev–Trinajstić information content (AvgIpc) is 2.61. The highest BCUT2D eigenvalue weighted by molar-refractivity contribution is 6.62. The normalized spacial score (nSPS) is 21.1. The Morgan fingerprint density at radius 2 is 1.12 bits per heavy atom. The molecule has 1 aliphatic rings. The first-order valence-corrected chi connectivity index (χ1v) is 7.75. The van der Waals surface area contributed by atoms with Crippen LogP contribution in [0.1, 0.15) is 13.3 Å². The van der Waals surface area contributed by atoms with Crippen molar-refractivity contribution in [1.82, 2.24) is 0 Å². The highest BCUT2D eigenvalue weighted by Gasteiger charge is 2.35. The highest BCUT2D eigenvalue weighted by atomic mass is 16.3. The number of nitrogens with zero attached hydrogens (tertiary/aromatic N) is 2. The summed E-state index contributed by atoms with van der Waals surface area (Å²) in [6, 6.07) is 12.3. The van der Waals surface area contributed by atoms with Gasteiger partial charge in [-0.15, -0.1) is 0 Å². The molecular formula is C19H16N2O4. The molecule has 3 rings (SSSR count). The molecule has 2 aromatic carbocycles. The van der Waals surface area contributed by atoms with E-state index in [1.807, 2.05) is 0 Å².